The molecule has 2 N–H and O–H groups in total. The molecule has 1 amide bonds. The highest BCUT2D eigenvalue weighted by Crippen LogP contribution is 2.30. The number of aromatic nitrogens is 1. The Morgan fingerprint density at radius 2 is 1.92 bits per heavy atom. The Morgan fingerprint density at radius 1 is 1.17 bits per heavy atom. The summed E-state index contributed by atoms with van der Waals surface area (Å²) in [6.07, 6.45) is -2.98. The summed E-state index contributed by atoms with van der Waals surface area (Å²) >= 11 is 0. The van der Waals surface area contributed by atoms with Crippen LogP contribution < -0.4 is 10.6 Å². The summed E-state index contributed by atoms with van der Waals surface area (Å²) in [4.78, 5) is 16.1. The third-order valence-electron chi connectivity index (χ3n) is 3.15. The van der Waals surface area contributed by atoms with Crippen molar-refractivity contribution < 1.29 is 18.0 Å². The van der Waals surface area contributed by atoms with Crippen LogP contribution in [0.3, 0.4) is 0 Å². The predicted octanol–water partition coefficient (Wildman–Crippen LogP) is 4.42. The molecule has 0 atom stereocenters. The molecule has 2 aromatic rings. The van der Waals surface area contributed by atoms with Crippen LogP contribution in [0.1, 0.15) is 29.9 Å². The van der Waals surface area contributed by atoms with Crippen molar-refractivity contribution in [1.29, 1.82) is 0 Å². The van der Waals surface area contributed by atoms with E-state index < -0.39 is 17.6 Å². The molecule has 0 bridgehead atoms. The number of carbonyl (C=O) groups is 1. The summed E-state index contributed by atoms with van der Waals surface area (Å²) in [6.45, 7) is 4.84. The van der Waals surface area contributed by atoms with E-state index in [9.17, 15) is 18.0 Å². The van der Waals surface area contributed by atoms with E-state index in [0.717, 1.165) is 24.4 Å². The van der Waals surface area contributed by atoms with Gasteiger partial charge in [-0.15, -0.1) is 0 Å². The first-order valence-corrected chi connectivity index (χ1v) is 7.44. The number of halogens is 3. The fourth-order valence-electron chi connectivity index (χ4n) is 1.96. The smallest absolute Gasteiger partial charge is 0.385 e. The molecule has 0 saturated heterocycles. The van der Waals surface area contributed by atoms with Crippen LogP contribution in [-0.2, 0) is 6.18 Å². The molecule has 1 aromatic heterocycles. The van der Waals surface area contributed by atoms with Crippen LogP contribution in [0.2, 0.25) is 0 Å². The zero-order valence-corrected chi connectivity index (χ0v) is 13.3. The first kappa shape index (κ1) is 17.8. The molecule has 0 aliphatic carbocycles. The van der Waals surface area contributed by atoms with Crippen LogP contribution in [0.15, 0.2) is 42.6 Å². The molecule has 4 nitrogen and oxygen atoms in total. The lowest BCUT2D eigenvalue weighted by atomic mass is 10.2. The van der Waals surface area contributed by atoms with Gasteiger partial charge in [-0.2, -0.15) is 13.2 Å². The van der Waals surface area contributed by atoms with Gasteiger partial charge in [0.2, 0.25) is 0 Å². The lowest BCUT2D eigenvalue weighted by molar-refractivity contribution is -0.137. The number of alkyl halides is 3. The average molecular weight is 337 g/mol. The van der Waals surface area contributed by atoms with Crippen LogP contribution in [0.5, 0.6) is 0 Å². The summed E-state index contributed by atoms with van der Waals surface area (Å²) < 4.78 is 38.1. The van der Waals surface area contributed by atoms with E-state index in [4.69, 9.17) is 0 Å². The number of hydrogen-bond acceptors (Lipinski definition) is 3. The topological polar surface area (TPSA) is 54.0 Å². The van der Waals surface area contributed by atoms with Crippen molar-refractivity contribution in [3.8, 4) is 0 Å². The summed E-state index contributed by atoms with van der Waals surface area (Å²) in [7, 11) is 0. The second-order valence-corrected chi connectivity index (χ2v) is 5.74. The molecule has 24 heavy (non-hydrogen) atoms. The van der Waals surface area contributed by atoms with E-state index in [1.54, 1.807) is 12.1 Å². The summed E-state index contributed by atoms with van der Waals surface area (Å²) in [6, 6.07) is 7.76. The number of nitrogens with zero attached hydrogens (tertiary/aromatic N) is 1. The summed E-state index contributed by atoms with van der Waals surface area (Å²) in [5.74, 6) is -0.136. The SMILES string of the molecule is CC(C)CNc1ccnc(C(=O)Nc2cccc(C(F)(F)F)c2)c1. The zero-order valence-electron chi connectivity index (χ0n) is 13.3. The molecule has 0 radical (unpaired) electrons. The Labute approximate surface area is 138 Å². The number of benzene rings is 1. The standard InChI is InChI=1S/C17H18F3N3O/c1-11(2)10-22-13-6-7-21-15(9-13)16(24)23-14-5-3-4-12(8-14)17(18,19)20/h3-9,11H,10H2,1-2H3,(H,21,22)(H,23,24). The molecule has 128 valence electrons. The lowest BCUT2D eigenvalue weighted by Gasteiger charge is -2.11. The van der Waals surface area contributed by atoms with Crippen LogP contribution in [0.4, 0.5) is 24.5 Å². The monoisotopic (exact) mass is 337 g/mol. The highest BCUT2D eigenvalue weighted by Gasteiger charge is 2.30. The molecule has 1 heterocycles. The van der Waals surface area contributed by atoms with E-state index in [2.05, 4.69) is 29.5 Å². The van der Waals surface area contributed by atoms with Crippen molar-refractivity contribution in [2.24, 2.45) is 5.92 Å². The quantitative estimate of drug-likeness (QED) is 0.849. The molecule has 0 fully saturated rings. The molecule has 0 aliphatic rings. The third kappa shape index (κ3) is 4.97. The number of carbonyl (C=O) groups excluding carboxylic acids is 1. The van der Waals surface area contributed by atoms with Crippen molar-refractivity contribution in [2.75, 3.05) is 17.2 Å². The number of anilines is 2. The van der Waals surface area contributed by atoms with Gasteiger partial charge in [0.15, 0.2) is 0 Å². The van der Waals surface area contributed by atoms with Gasteiger partial charge in [0, 0.05) is 24.1 Å². The van der Waals surface area contributed by atoms with Gasteiger partial charge in [0.1, 0.15) is 5.69 Å². The Bertz CT molecular complexity index is 714. The van der Waals surface area contributed by atoms with E-state index in [-0.39, 0.29) is 11.4 Å². The van der Waals surface area contributed by atoms with Crippen LogP contribution in [-0.4, -0.2) is 17.4 Å². The molecular weight excluding hydrogens is 319 g/mol. The van der Waals surface area contributed by atoms with E-state index in [0.29, 0.717) is 5.92 Å². The normalized spacial score (nSPS) is 11.4. The first-order valence-electron chi connectivity index (χ1n) is 7.44. The molecule has 0 aliphatic heterocycles. The van der Waals surface area contributed by atoms with E-state index in [1.165, 1.54) is 18.3 Å². The minimum atomic E-state index is -4.46. The Morgan fingerprint density at radius 3 is 2.58 bits per heavy atom. The minimum absolute atomic E-state index is 0.0668. The second-order valence-electron chi connectivity index (χ2n) is 5.74. The van der Waals surface area contributed by atoms with Crippen LogP contribution in [0, 0.1) is 5.92 Å². The number of nitrogens with one attached hydrogen (secondary N) is 2. The van der Waals surface area contributed by atoms with Crippen molar-refractivity contribution in [3.05, 3.63) is 53.9 Å². The summed E-state index contributed by atoms with van der Waals surface area (Å²) in [5, 5.41) is 5.60. The number of amides is 1. The van der Waals surface area contributed by atoms with Gasteiger partial charge in [-0.3, -0.25) is 9.78 Å². The third-order valence-corrected chi connectivity index (χ3v) is 3.15. The van der Waals surface area contributed by atoms with Crippen molar-refractivity contribution in [2.45, 2.75) is 20.0 Å². The van der Waals surface area contributed by atoms with Gasteiger partial charge < -0.3 is 10.6 Å². The molecule has 0 spiro atoms. The maximum atomic E-state index is 12.7. The largest absolute Gasteiger partial charge is 0.416 e. The first-order chi connectivity index (χ1) is 11.3. The van der Waals surface area contributed by atoms with Gasteiger partial charge in [0.05, 0.1) is 5.56 Å². The highest BCUT2D eigenvalue weighted by molar-refractivity contribution is 6.03. The van der Waals surface area contributed by atoms with Gasteiger partial charge in [0.25, 0.3) is 5.91 Å². The molecule has 2 rings (SSSR count). The second kappa shape index (κ2) is 7.33. The summed E-state index contributed by atoms with van der Waals surface area (Å²) in [5.41, 5.74) is 0.104. The molecule has 0 unspecified atom stereocenters. The van der Waals surface area contributed by atoms with Crippen LogP contribution in [0.25, 0.3) is 0 Å². The van der Waals surface area contributed by atoms with Crippen molar-refractivity contribution in [1.82, 2.24) is 4.98 Å². The number of hydrogen-bond donors (Lipinski definition) is 2. The average Bonchev–Trinajstić information content (AvgIpc) is 2.52. The Hall–Kier alpha value is -2.57. The van der Waals surface area contributed by atoms with Gasteiger partial charge in [-0.25, -0.2) is 0 Å². The van der Waals surface area contributed by atoms with E-state index >= 15 is 0 Å². The maximum Gasteiger partial charge on any atom is 0.416 e. The van der Waals surface area contributed by atoms with Gasteiger partial charge >= 0.3 is 6.18 Å². The molecule has 0 saturated carbocycles. The number of rotatable bonds is 5. The Kier molecular flexibility index (Phi) is 5.43. The maximum absolute atomic E-state index is 12.7. The fourth-order valence-corrected chi connectivity index (χ4v) is 1.96. The minimum Gasteiger partial charge on any atom is -0.385 e. The van der Waals surface area contributed by atoms with Gasteiger partial charge in [-0.05, 0) is 36.2 Å². The highest BCUT2D eigenvalue weighted by atomic mass is 19.4. The predicted molar refractivity (Wildman–Crippen MR) is 87.0 cm³/mol. The zero-order chi connectivity index (χ0) is 17.7. The Balaban J connectivity index is 2.11. The molecule has 1 aromatic carbocycles. The molecular formula is C17H18F3N3O. The van der Waals surface area contributed by atoms with E-state index in [1.807, 2.05) is 0 Å². The van der Waals surface area contributed by atoms with Gasteiger partial charge in [-0.1, -0.05) is 19.9 Å². The fraction of sp³-hybridized carbons (Fsp3) is 0.294. The molecule has 7 heteroatoms. The number of pyridine rings is 1. The lowest BCUT2D eigenvalue weighted by Crippen LogP contribution is -2.15. The van der Waals surface area contributed by atoms with Crippen molar-refractivity contribution in [3.63, 3.8) is 0 Å². The van der Waals surface area contributed by atoms with Crippen molar-refractivity contribution >= 4 is 17.3 Å². The van der Waals surface area contributed by atoms with Crippen LogP contribution >= 0.6 is 0 Å².